The molecule has 0 aliphatic rings. The van der Waals surface area contributed by atoms with Crippen LogP contribution < -0.4 is 14.8 Å². The van der Waals surface area contributed by atoms with Crippen molar-refractivity contribution in [3.05, 3.63) is 54.1 Å². The molecule has 2 aromatic rings. The van der Waals surface area contributed by atoms with Crippen molar-refractivity contribution in [3.8, 4) is 5.75 Å². The normalized spacial score (nSPS) is 12.1. The number of sulfonamides is 1. The van der Waals surface area contributed by atoms with Gasteiger partial charge in [-0.1, -0.05) is 6.07 Å². The van der Waals surface area contributed by atoms with Gasteiger partial charge in [-0.2, -0.15) is 0 Å². The molecule has 0 aliphatic carbocycles. The number of ether oxygens (including phenoxy) is 1. The van der Waals surface area contributed by atoms with Crippen LogP contribution >= 0.6 is 0 Å². The van der Waals surface area contributed by atoms with Gasteiger partial charge in [-0.05, 0) is 56.3 Å². The maximum atomic E-state index is 12.3. The molecule has 0 saturated carbocycles. The molecule has 0 bridgehead atoms. The standard InChI is InChI=1S/C17H17F3N2O4S/c1-11(2)22-27(24,25)15-5-3-4-12(10-15)16(23)21-13-6-8-14(9-7-13)26-17(18,19)20/h3-11,22H,1-2H3,(H,21,23). The van der Waals surface area contributed by atoms with E-state index < -0.39 is 28.0 Å². The van der Waals surface area contributed by atoms with Gasteiger partial charge in [-0.25, -0.2) is 13.1 Å². The number of hydrogen-bond donors (Lipinski definition) is 2. The molecule has 2 N–H and O–H groups in total. The number of benzene rings is 2. The third-order valence-electron chi connectivity index (χ3n) is 3.14. The molecular formula is C17H17F3N2O4S. The lowest BCUT2D eigenvalue weighted by Crippen LogP contribution is -2.30. The van der Waals surface area contributed by atoms with Gasteiger partial charge in [0.2, 0.25) is 10.0 Å². The number of hydrogen-bond acceptors (Lipinski definition) is 4. The van der Waals surface area contributed by atoms with E-state index in [-0.39, 0.29) is 22.2 Å². The summed E-state index contributed by atoms with van der Waals surface area (Å²) in [6.45, 7) is 3.33. The van der Waals surface area contributed by atoms with Crippen molar-refractivity contribution in [1.29, 1.82) is 0 Å². The monoisotopic (exact) mass is 402 g/mol. The Kier molecular flexibility index (Phi) is 6.11. The Morgan fingerprint density at radius 1 is 1.07 bits per heavy atom. The Hall–Kier alpha value is -2.59. The summed E-state index contributed by atoms with van der Waals surface area (Å²) in [5, 5.41) is 2.48. The lowest BCUT2D eigenvalue weighted by molar-refractivity contribution is -0.274. The lowest BCUT2D eigenvalue weighted by atomic mass is 10.2. The molecule has 2 aromatic carbocycles. The van der Waals surface area contributed by atoms with E-state index in [1.165, 1.54) is 36.4 Å². The van der Waals surface area contributed by atoms with Crippen LogP contribution in [0, 0.1) is 0 Å². The third kappa shape index (κ3) is 6.26. The van der Waals surface area contributed by atoms with Gasteiger partial charge in [0.1, 0.15) is 5.75 Å². The first-order valence-electron chi connectivity index (χ1n) is 7.76. The van der Waals surface area contributed by atoms with Crippen molar-refractivity contribution in [2.45, 2.75) is 31.1 Å². The summed E-state index contributed by atoms with van der Waals surface area (Å²) in [4.78, 5) is 12.2. The molecule has 27 heavy (non-hydrogen) atoms. The van der Waals surface area contributed by atoms with Crippen LogP contribution in [0.1, 0.15) is 24.2 Å². The average Bonchev–Trinajstić information content (AvgIpc) is 2.54. The molecule has 0 saturated heterocycles. The van der Waals surface area contributed by atoms with E-state index in [9.17, 15) is 26.4 Å². The Morgan fingerprint density at radius 3 is 2.26 bits per heavy atom. The highest BCUT2D eigenvalue weighted by Gasteiger charge is 2.31. The molecule has 0 heterocycles. The van der Waals surface area contributed by atoms with Gasteiger partial charge in [0.15, 0.2) is 0 Å². The topological polar surface area (TPSA) is 84.5 Å². The fraction of sp³-hybridized carbons (Fsp3) is 0.235. The summed E-state index contributed by atoms with van der Waals surface area (Å²) in [6, 6.07) is 9.66. The predicted molar refractivity (Wildman–Crippen MR) is 93.0 cm³/mol. The summed E-state index contributed by atoms with van der Waals surface area (Å²) >= 11 is 0. The maximum absolute atomic E-state index is 12.3. The fourth-order valence-corrected chi connectivity index (χ4v) is 3.42. The predicted octanol–water partition coefficient (Wildman–Crippen LogP) is 3.52. The van der Waals surface area contributed by atoms with Gasteiger partial charge >= 0.3 is 6.36 Å². The SMILES string of the molecule is CC(C)NS(=O)(=O)c1cccc(C(=O)Nc2ccc(OC(F)(F)F)cc2)c1. The molecule has 146 valence electrons. The van der Waals surface area contributed by atoms with Crippen molar-refractivity contribution in [2.24, 2.45) is 0 Å². The van der Waals surface area contributed by atoms with Gasteiger partial charge < -0.3 is 10.1 Å². The molecule has 6 nitrogen and oxygen atoms in total. The quantitative estimate of drug-likeness (QED) is 0.774. The minimum absolute atomic E-state index is 0.0715. The number of carbonyl (C=O) groups is 1. The van der Waals surface area contributed by atoms with Crippen molar-refractivity contribution in [2.75, 3.05) is 5.32 Å². The molecule has 2 rings (SSSR count). The Labute approximate surface area is 154 Å². The number of anilines is 1. The molecule has 0 spiro atoms. The van der Waals surface area contributed by atoms with Crippen LogP contribution in [0.4, 0.5) is 18.9 Å². The van der Waals surface area contributed by atoms with E-state index >= 15 is 0 Å². The van der Waals surface area contributed by atoms with E-state index in [2.05, 4.69) is 14.8 Å². The second-order valence-electron chi connectivity index (χ2n) is 5.83. The van der Waals surface area contributed by atoms with Crippen molar-refractivity contribution >= 4 is 21.6 Å². The largest absolute Gasteiger partial charge is 0.573 e. The second kappa shape index (κ2) is 7.97. The van der Waals surface area contributed by atoms with Crippen molar-refractivity contribution < 1.29 is 31.1 Å². The first-order chi connectivity index (χ1) is 12.5. The number of halogens is 3. The number of carbonyl (C=O) groups excluding carboxylic acids is 1. The highest BCUT2D eigenvalue weighted by molar-refractivity contribution is 7.89. The van der Waals surface area contributed by atoms with Crippen LogP contribution in [-0.4, -0.2) is 26.7 Å². The lowest BCUT2D eigenvalue weighted by Gasteiger charge is -2.11. The molecule has 0 atom stereocenters. The van der Waals surface area contributed by atoms with E-state index in [0.29, 0.717) is 0 Å². The second-order valence-corrected chi connectivity index (χ2v) is 7.54. The molecular weight excluding hydrogens is 385 g/mol. The summed E-state index contributed by atoms with van der Waals surface area (Å²) in [6.07, 6.45) is -4.80. The van der Waals surface area contributed by atoms with Gasteiger partial charge in [-0.3, -0.25) is 4.79 Å². The first-order valence-corrected chi connectivity index (χ1v) is 9.24. The van der Waals surface area contributed by atoms with Crippen LogP contribution in [0.5, 0.6) is 5.75 Å². The van der Waals surface area contributed by atoms with E-state index in [4.69, 9.17) is 0 Å². The third-order valence-corrected chi connectivity index (χ3v) is 4.80. The minimum atomic E-state index is -4.80. The summed E-state index contributed by atoms with van der Waals surface area (Å²) in [7, 11) is -3.76. The molecule has 10 heteroatoms. The average molecular weight is 402 g/mol. The van der Waals surface area contributed by atoms with Crippen LogP contribution in [0.15, 0.2) is 53.4 Å². The zero-order valence-electron chi connectivity index (χ0n) is 14.4. The fourth-order valence-electron chi connectivity index (χ4n) is 2.13. The Morgan fingerprint density at radius 2 is 1.70 bits per heavy atom. The van der Waals surface area contributed by atoms with Crippen molar-refractivity contribution in [3.63, 3.8) is 0 Å². The summed E-state index contributed by atoms with van der Waals surface area (Å²) in [5.41, 5.74) is 0.306. The summed E-state index contributed by atoms with van der Waals surface area (Å²) < 4.78 is 66.9. The van der Waals surface area contributed by atoms with E-state index in [1.54, 1.807) is 13.8 Å². The molecule has 0 fully saturated rings. The van der Waals surface area contributed by atoms with Gasteiger partial charge in [0.25, 0.3) is 5.91 Å². The maximum Gasteiger partial charge on any atom is 0.573 e. The zero-order valence-corrected chi connectivity index (χ0v) is 15.2. The number of alkyl halides is 3. The molecule has 0 aliphatic heterocycles. The van der Waals surface area contributed by atoms with Crippen LogP contribution in [0.2, 0.25) is 0 Å². The van der Waals surface area contributed by atoms with Crippen LogP contribution in [0.3, 0.4) is 0 Å². The van der Waals surface area contributed by atoms with Crippen LogP contribution in [0.25, 0.3) is 0 Å². The first kappa shape index (κ1) is 20.7. The van der Waals surface area contributed by atoms with Gasteiger partial charge in [-0.15, -0.1) is 13.2 Å². The van der Waals surface area contributed by atoms with E-state index in [0.717, 1.165) is 12.1 Å². The Balaban J connectivity index is 2.13. The number of rotatable bonds is 6. The van der Waals surface area contributed by atoms with E-state index in [1.807, 2.05) is 0 Å². The number of amides is 1. The van der Waals surface area contributed by atoms with Crippen LogP contribution in [-0.2, 0) is 10.0 Å². The number of nitrogens with one attached hydrogen (secondary N) is 2. The minimum Gasteiger partial charge on any atom is -0.406 e. The highest BCUT2D eigenvalue weighted by Crippen LogP contribution is 2.24. The van der Waals surface area contributed by atoms with Crippen molar-refractivity contribution in [1.82, 2.24) is 4.72 Å². The molecule has 1 amide bonds. The highest BCUT2D eigenvalue weighted by atomic mass is 32.2. The zero-order chi connectivity index (χ0) is 20.2. The smallest absolute Gasteiger partial charge is 0.406 e. The molecule has 0 radical (unpaired) electrons. The molecule has 0 unspecified atom stereocenters. The Bertz CT molecular complexity index is 911. The molecule has 0 aromatic heterocycles. The summed E-state index contributed by atoms with van der Waals surface area (Å²) in [5.74, 6) is -1.03. The van der Waals surface area contributed by atoms with Gasteiger partial charge in [0, 0.05) is 17.3 Å². The van der Waals surface area contributed by atoms with Gasteiger partial charge in [0.05, 0.1) is 4.90 Å².